The molecule has 3 heterocycles. The SMILES string of the molecule is NC(=O)C1CN([C@@H](c2cnc(C(F)(F)F)c(Cl)c2)c2ccc(Cl)c(C(F)F)n2)C(=O)N1. The van der Waals surface area contributed by atoms with Crippen molar-refractivity contribution in [2.24, 2.45) is 5.73 Å². The maximum atomic E-state index is 13.3. The van der Waals surface area contributed by atoms with Crippen LogP contribution in [0, 0.1) is 0 Å². The highest BCUT2D eigenvalue weighted by Crippen LogP contribution is 2.37. The van der Waals surface area contributed by atoms with E-state index < -0.39 is 53.0 Å². The number of amides is 3. The molecule has 1 saturated heterocycles. The number of aromatic nitrogens is 2. The number of hydrogen-bond acceptors (Lipinski definition) is 4. The van der Waals surface area contributed by atoms with Crippen LogP contribution in [0.15, 0.2) is 24.4 Å². The summed E-state index contributed by atoms with van der Waals surface area (Å²) >= 11 is 11.5. The molecule has 0 radical (unpaired) electrons. The van der Waals surface area contributed by atoms with E-state index in [9.17, 15) is 31.5 Å². The second-order valence-corrected chi connectivity index (χ2v) is 7.27. The van der Waals surface area contributed by atoms with Crippen LogP contribution in [0.3, 0.4) is 0 Å². The largest absolute Gasteiger partial charge is 0.434 e. The Hall–Kier alpha value is -2.73. The summed E-state index contributed by atoms with van der Waals surface area (Å²) in [6.07, 6.45) is -7.11. The second-order valence-electron chi connectivity index (χ2n) is 6.46. The normalized spacial score (nSPS) is 17.7. The molecule has 0 saturated carbocycles. The van der Waals surface area contributed by atoms with Gasteiger partial charge in [0.1, 0.15) is 17.8 Å². The van der Waals surface area contributed by atoms with Crippen molar-refractivity contribution in [3.05, 3.63) is 57.1 Å². The first-order valence-electron chi connectivity index (χ1n) is 8.43. The van der Waals surface area contributed by atoms with Crippen LogP contribution in [-0.4, -0.2) is 39.4 Å². The smallest absolute Gasteiger partial charge is 0.368 e. The molecule has 0 spiro atoms. The van der Waals surface area contributed by atoms with E-state index in [1.807, 2.05) is 0 Å². The molecule has 2 aromatic heterocycles. The predicted octanol–water partition coefficient (Wildman–Crippen LogP) is 3.71. The van der Waals surface area contributed by atoms with Crippen molar-refractivity contribution in [1.29, 1.82) is 0 Å². The standard InChI is InChI=1S/C17H12Cl2F5N5O2/c18-7-1-2-9(27-11(7)14(20)21)12(29-5-10(15(25)30)28-16(29)31)6-3-8(19)13(26-4-6)17(22,23)24/h1-4,10,12,14H,5H2,(H2,25,30)(H,28,31)/t10?,12-/m0/s1. The summed E-state index contributed by atoms with van der Waals surface area (Å²) in [7, 11) is 0. The molecule has 3 amide bonds. The molecule has 1 unspecified atom stereocenters. The molecular weight excluding hydrogens is 472 g/mol. The summed E-state index contributed by atoms with van der Waals surface area (Å²) in [6, 6.07) is -0.0289. The van der Waals surface area contributed by atoms with Gasteiger partial charge in [-0.15, -0.1) is 0 Å². The third kappa shape index (κ3) is 4.64. The fraction of sp³-hybridized carbons (Fsp3) is 0.294. The van der Waals surface area contributed by atoms with E-state index in [0.29, 0.717) is 0 Å². The molecule has 0 aliphatic carbocycles. The van der Waals surface area contributed by atoms with Gasteiger partial charge in [-0.3, -0.25) is 4.79 Å². The zero-order chi connectivity index (χ0) is 23.1. The van der Waals surface area contributed by atoms with E-state index in [-0.39, 0.29) is 22.8 Å². The van der Waals surface area contributed by atoms with Crippen molar-refractivity contribution in [3.63, 3.8) is 0 Å². The number of hydrogen-bond donors (Lipinski definition) is 2. The molecule has 31 heavy (non-hydrogen) atoms. The Morgan fingerprint density at radius 3 is 2.45 bits per heavy atom. The lowest BCUT2D eigenvalue weighted by molar-refractivity contribution is -0.141. The Morgan fingerprint density at radius 1 is 1.26 bits per heavy atom. The minimum atomic E-state index is -4.84. The van der Waals surface area contributed by atoms with Gasteiger partial charge in [-0.1, -0.05) is 23.2 Å². The van der Waals surface area contributed by atoms with Gasteiger partial charge in [0, 0.05) is 11.8 Å². The Kier molecular flexibility index (Phi) is 6.23. The number of rotatable bonds is 5. The average molecular weight is 484 g/mol. The first-order chi connectivity index (χ1) is 14.4. The molecule has 3 rings (SSSR count). The van der Waals surface area contributed by atoms with Gasteiger partial charge in [-0.2, -0.15) is 13.2 Å². The highest BCUT2D eigenvalue weighted by atomic mass is 35.5. The number of nitrogens with one attached hydrogen (secondary N) is 1. The highest BCUT2D eigenvalue weighted by Gasteiger charge is 2.40. The molecule has 166 valence electrons. The van der Waals surface area contributed by atoms with Gasteiger partial charge < -0.3 is 16.0 Å². The van der Waals surface area contributed by atoms with E-state index in [2.05, 4.69) is 15.3 Å². The number of nitrogens with two attached hydrogens (primary N) is 1. The van der Waals surface area contributed by atoms with Gasteiger partial charge in [-0.25, -0.2) is 23.5 Å². The molecule has 0 bridgehead atoms. The highest BCUT2D eigenvalue weighted by molar-refractivity contribution is 6.31. The number of nitrogens with zero attached hydrogens (tertiary/aromatic N) is 3. The van der Waals surface area contributed by atoms with Crippen LogP contribution in [0.5, 0.6) is 0 Å². The first-order valence-corrected chi connectivity index (χ1v) is 9.19. The van der Waals surface area contributed by atoms with E-state index in [1.54, 1.807) is 0 Å². The lowest BCUT2D eigenvalue weighted by Crippen LogP contribution is -2.39. The van der Waals surface area contributed by atoms with Crippen LogP contribution in [0.4, 0.5) is 26.7 Å². The number of carbonyl (C=O) groups is 2. The summed E-state index contributed by atoms with van der Waals surface area (Å²) in [5.41, 5.74) is 2.83. The molecule has 14 heteroatoms. The van der Waals surface area contributed by atoms with Crippen molar-refractivity contribution >= 4 is 35.1 Å². The van der Waals surface area contributed by atoms with Crippen LogP contribution in [0.25, 0.3) is 0 Å². The van der Waals surface area contributed by atoms with Gasteiger partial charge in [0.25, 0.3) is 6.43 Å². The maximum absolute atomic E-state index is 13.3. The molecule has 0 aromatic carbocycles. The van der Waals surface area contributed by atoms with Crippen molar-refractivity contribution in [1.82, 2.24) is 20.2 Å². The molecule has 7 nitrogen and oxygen atoms in total. The lowest BCUT2D eigenvalue weighted by Gasteiger charge is -2.27. The third-order valence-corrected chi connectivity index (χ3v) is 5.03. The van der Waals surface area contributed by atoms with Crippen LogP contribution in [-0.2, 0) is 11.0 Å². The molecular formula is C17H12Cl2F5N5O2. The number of alkyl halides is 5. The topological polar surface area (TPSA) is 101 Å². The molecule has 1 fully saturated rings. The fourth-order valence-electron chi connectivity index (χ4n) is 3.04. The van der Waals surface area contributed by atoms with Crippen LogP contribution in [0.1, 0.15) is 35.1 Å². The second kappa shape index (κ2) is 8.42. The van der Waals surface area contributed by atoms with Gasteiger partial charge in [0.05, 0.1) is 22.3 Å². The van der Waals surface area contributed by atoms with E-state index >= 15 is 0 Å². The van der Waals surface area contributed by atoms with Crippen molar-refractivity contribution in [3.8, 4) is 0 Å². The number of urea groups is 1. The zero-order valence-corrected chi connectivity index (χ0v) is 16.6. The van der Waals surface area contributed by atoms with Crippen molar-refractivity contribution in [2.45, 2.75) is 24.7 Å². The molecule has 2 aromatic rings. The zero-order valence-electron chi connectivity index (χ0n) is 15.1. The van der Waals surface area contributed by atoms with E-state index in [0.717, 1.165) is 23.2 Å². The van der Waals surface area contributed by atoms with E-state index in [1.165, 1.54) is 6.07 Å². The quantitative estimate of drug-likeness (QED) is 0.632. The van der Waals surface area contributed by atoms with Gasteiger partial charge in [0.15, 0.2) is 5.69 Å². The fourth-order valence-corrected chi connectivity index (χ4v) is 3.51. The Bertz CT molecular complexity index is 1040. The van der Waals surface area contributed by atoms with Crippen LogP contribution >= 0.6 is 23.2 Å². The van der Waals surface area contributed by atoms with Gasteiger partial charge >= 0.3 is 12.2 Å². The van der Waals surface area contributed by atoms with Crippen molar-refractivity contribution in [2.75, 3.05) is 6.54 Å². The van der Waals surface area contributed by atoms with E-state index in [4.69, 9.17) is 28.9 Å². The Morgan fingerprint density at radius 2 is 1.94 bits per heavy atom. The van der Waals surface area contributed by atoms with Crippen molar-refractivity contribution < 1.29 is 31.5 Å². The summed E-state index contributed by atoms with van der Waals surface area (Å²) in [4.78, 5) is 32.0. The van der Waals surface area contributed by atoms with Crippen LogP contribution in [0.2, 0.25) is 10.0 Å². The number of carbonyl (C=O) groups excluding carboxylic acids is 2. The monoisotopic (exact) mass is 483 g/mol. The average Bonchev–Trinajstić information content (AvgIpc) is 3.04. The summed E-state index contributed by atoms with van der Waals surface area (Å²) in [6.45, 7) is -0.300. The predicted molar refractivity (Wildman–Crippen MR) is 98.5 cm³/mol. The lowest BCUT2D eigenvalue weighted by atomic mass is 10.0. The number of halogens is 7. The van der Waals surface area contributed by atoms with Gasteiger partial charge in [0.2, 0.25) is 5.91 Å². The van der Waals surface area contributed by atoms with Crippen LogP contribution < -0.4 is 11.1 Å². The molecule has 3 N–H and O–H groups in total. The summed E-state index contributed by atoms with van der Waals surface area (Å²) in [5.74, 6) is -0.865. The minimum absolute atomic E-state index is 0.0618. The minimum Gasteiger partial charge on any atom is -0.368 e. The molecule has 2 atom stereocenters. The molecule has 1 aliphatic heterocycles. The Labute approximate surface area is 181 Å². The first kappa shape index (κ1) is 22.9. The summed E-state index contributed by atoms with van der Waals surface area (Å²) < 4.78 is 65.6. The van der Waals surface area contributed by atoms with Gasteiger partial charge in [-0.05, 0) is 18.2 Å². The Balaban J connectivity index is 2.14. The number of primary amides is 1. The molecule has 1 aliphatic rings. The number of pyridine rings is 2. The third-order valence-electron chi connectivity index (χ3n) is 4.42. The summed E-state index contributed by atoms with van der Waals surface area (Å²) in [5, 5.41) is 1.18. The maximum Gasteiger partial charge on any atom is 0.434 e.